The van der Waals surface area contributed by atoms with Crippen LogP contribution in [0, 0.1) is 0 Å². The molecule has 16 aromatic rings. The van der Waals surface area contributed by atoms with E-state index in [1.165, 1.54) is 122 Å². The highest BCUT2D eigenvalue weighted by atomic mass is 16.3. The zero-order valence-corrected chi connectivity index (χ0v) is 55.0. The second kappa shape index (κ2) is 21.2. The Kier molecular flexibility index (Phi) is 12.4. The standard InChI is InChI=1S/C51H38N2.C41H28N2O/c1-50(2)42-16-10-8-14-40(42)46-36-24-21-32(27-34(36)23-26-43(46)50)30-17-19-31(20-18-30)47-48(52-45-29-33-11-5-6-12-37(33)49(45)53-47)35-22-25-39-38-13-7-9-15-41(38)51(3,4)44(39)28-35;1-41(2)33-14-8-6-12-31(33)36-30-22-20-28(24-29(30)21-23-34(36)41)25-16-18-27(19-17-25)37-38(26-10-4-3-5-11-26)43-40-39(42-37)32-13-7-9-15-35(32)44-40/h5-28H,29H2,1-4H3;3-24H,1-2H3. The molecule has 0 fully saturated rings. The highest BCUT2D eigenvalue weighted by Gasteiger charge is 2.39. The normalized spacial score (nSPS) is 14.3. The lowest BCUT2D eigenvalue weighted by Crippen LogP contribution is -2.15. The number of hydrogen-bond donors (Lipinski definition) is 0. The number of nitrogens with zero attached hydrogens (tertiary/aromatic N) is 4. The van der Waals surface area contributed by atoms with Crippen LogP contribution in [0.3, 0.4) is 0 Å². The Bertz CT molecular complexity index is 5990. The SMILES string of the molecule is CC1(C)c2ccccc2-c2c1ccc1cc(-c3ccc(-c4nc5c(nc4-c4ccccc4)oc4ccccc45)cc3)ccc21.CC1(C)c2ccccc2-c2ccc(-c3nc4c(nc3-c3ccc(-c5ccc6c7c(ccc6c5)C(C)(C)c5ccccc5-7)cc3)-c3ccccc3C4)cc21. The number of rotatable bonds is 6. The first-order valence-corrected chi connectivity index (χ1v) is 33.9. The van der Waals surface area contributed by atoms with Gasteiger partial charge < -0.3 is 4.42 Å². The average Bonchev–Trinajstić information content (AvgIpc) is 1.63. The van der Waals surface area contributed by atoms with Crippen molar-refractivity contribution in [3.63, 3.8) is 0 Å². The van der Waals surface area contributed by atoms with Crippen LogP contribution in [0.25, 0.3) is 156 Å². The van der Waals surface area contributed by atoms with E-state index in [1.807, 2.05) is 42.5 Å². The lowest BCUT2D eigenvalue weighted by Gasteiger charge is -2.22. The van der Waals surface area contributed by atoms with Gasteiger partial charge in [0.25, 0.3) is 0 Å². The van der Waals surface area contributed by atoms with Crippen LogP contribution in [-0.4, -0.2) is 19.9 Å². The van der Waals surface area contributed by atoms with Gasteiger partial charge in [-0.05, 0) is 146 Å². The third-order valence-corrected chi connectivity index (χ3v) is 21.8. The highest BCUT2D eigenvalue weighted by molar-refractivity contribution is 6.06. The minimum absolute atomic E-state index is 0.00186. The van der Waals surface area contributed by atoms with Crippen LogP contribution >= 0.6 is 0 Å². The van der Waals surface area contributed by atoms with E-state index in [4.69, 9.17) is 24.4 Å². The van der Waals surface area contributed by atoms with E-state index in [-0.39, 0.29) is 16.2 Å². The van der Waals surface area contributed by atoms with Crippen molar-refractivity contribution >= 4 is 43.7 Å². The molecular formula is C92H66N4O. The van der Waals surface area contributed by atoms with Crippen molar-refractivity contribution in [1.82, 2.24) is 19.9 Å². The quantitative estimate of drug-likeness (QED) is 0.166. The molecule has 4 aliphatic rings. The van der Waals surface area contributed by atoms with Crippen molar-refractivity contribution in [1.29, 1.82) is 0 Å². The van der Waals surface area contributed by atoms with Crippen LogP contribution in [0.4, 0.5) is 0 Å². The van der Waals surface area contributed by atoms with Gasteiger partial charge in [-0.25, -0.2) is 19.9 Å². The summed E-state index contributed by atoms with van der Waals surface area (Å²) in [6.45, 7) is 14.0. The zero-order valence-electron chi connectivity index (χ0n) is 55.0. The third-order valence-electron chi connectivity index (χ3n) is 21.8. The van der Waals surface area contributed by atoms with E-state index in [0.29, 0.717) is 5.71 Å². The molecule has 3 heterocycles. The van der Waals surface area contributed by atoms with Crippen molar-refractivity contribution in [3.8, 4) is 112 Å². The predicted octanol–water partition coefficient (Wildman–Crippen LogP) is 23.7. The predicted molar refractivity (Wildman–Crippen MR) is 400 cm³/mol. The molecule has 0 saturated carbocycles. The molecule has 460 valence electrons. The van der Waals surface area contributed by atoms with Gasteiger partial charge >= 0.3 is 0 Å². The van der Waals surface area contributed by atoms with Crippen molar-refractivity contribution in [3.05, 3.63) is 324 Å². The molecule has 0 unspecified atom stereocenters. The van der Waals surface area contributed by atoms with Gasteiger partial charge in [0.2, 0.25) is 5.71 Å². The fraction of sp³-hybridized carbons (Fsp3) is 0.109. The molecule has 0 N–H and O–H groups in total. The molecule has 0 atom stereocenters. The van der Waals surface area contributed by atoms with Crippen LogP contribution < -0.4 is 0 Å². The summed E-state index contributed by atoms with van der Waals surface area (Å²) in [6.07, 6.45) is 0.806. The summed E-state index contributed by atoms with van der Waals surface area (Å²) < 4.78 is 6.10. The Hall–Kier alpha value is -11.7. The van der Waals surface area contributed by atoms with E-state index in [1.54, 1.807) is 0 Å². The van der Waals surface area contributed by atoms with E-state index in [9.17, 15) is 0 Å². The van der Waals surface area contributed by atoms with Gasteiger partial charge in [0.15, 0.2) is 0 Å². The second-order valence-corrected chi connectivity index (χ2v) is 28.4. The summed E-state index contributed by atoms with van der Waals surface area (Å²) in [5.41, 5.74) is 35.6. The third kappa shape index (κ3) is 8.70. The molecule has 4 aliphatic carbocycles. The molecule has 20 rings (SSSR count). The van der Waals surface area contributed by atoms with E-state index in [2.05, 4.69) is 278 Å². The topological polar surface area (TPSA) is 64.7 Å². The van der Waals surface area contributed by atoms with Crippen LogP contribution in [-0.2, 0) is 22.7 Å². The summed E-state index contributed by atoms with van der Waals surface area (Å²) in [5.74, 6) is 0. The maximum atomic E-state index is 6.10. The van der Waals surface area contributed by atoms with Gasteiger partial charge in [0.05, 0.1) is 28.5 Å². The number of fused-ring (bicyclic) bond motifs is 19. The first-order chi connectivity index (χ1) is 47.3. The van der Waals surface area contributed by atoms with Crippen LogP contribution in [0.15, 0.2) is 283 Å². The Labute approximate surface area is 564 Å². The molecule has 0 saturated heterocycles. The lowest BCUT2D eigenvalue weighted by molar-refractivity contribution is 0.653. The molecule has 5 nitrogen and oxygen atoms in total. The van der Waals surface area contributed by atoms with Gasteiger partial charge in [-0.1, -0.05) is 290 Å². The zero-order chi connectivity index (χ0) is 65.1. The molecular weight excluding hydrogens is 1180 g/mol. The highest BCUT2D eigenvalue weighted by Crippen LogP contribution is 2.55. The summed E-state index contributed by atoms with van der Waals surface area (Å²) in [4.78, 5) is 21.1. The Balaban J connectivity index is 0.000000139. The summed E-state index contributed by atoms with van der Waals surface area (Å²) in [7, 11) is 0. The molecule has 3 aromatic heterocycles. The van der Waals surface area contributed by atoms with Crippen molar-refractivity contribution in [2.45, 2.75) is 64.2 Å². The van der Waals surface area contributed by atoms with Crippen molar-refractivity contribution in [2.75, 3.05) is 0 Å². The van der Waals surface area contributed by atoms with Crippen molar-refractivity contribution < 1.29 is 4.42 Å². The largest absolute Gasteiger partial charge is 0.436 e. The monoisotopic (exact) mass is 1240 g/mol. The number of benzene rings is 13. The maximum absolute atomic E-state index is 6.10. The first kappa shape index (κ1) is 56.8. The molecule has 0 spiro atoms. The van der Waals surface area contributed by atoms with E-state index in [0.717, 1.165) is 79.3 Å². The van der Waals surface area contributed by atoms with Crippen LogP contribution in [0.2, 0.25) is 0 Å². The summed E-state index contributed by atoms with van der Waals surface area (Å²) in [6, 6.07) is 101. The lowest BCUT2D eigenvalue weighted by atomic mass is 9.81. The molecule has 97 heavy (non-hydrogen) atoms. The maximum Gasteiger partial charge on any atom is 0.246 e. The van der Waals surface area contributed by atoms with E-state index < -0.39 is 0 Å². The second-order valence-electron chi connectivity index (χ2n) is 28.4. The van der Waals surface area contributed by atoms with Crippen LogP contribution in [0.5, 0.6) is 0 Å². The van der Waals surface area contributed by atoms with Gasteiger partial charge in [-0.15, -0.1) is 0 Å². The number of hydrogen-bond acceptors (Lipinski definition) is 5. The van der Waals surface area contributed by atoms with Crippen LogP contribution in [0.1, 0.15) is 86.2 Å². The molecule has 0 amide bonds. The average molecular weight is 1240 g/mol. The minimum Gasteiger partial charge on any atom is -0.436 e. The first-order valence-electron chi connectivity index (χ1n) is 33.9. The molecule has 13 aromatic carbocycles. The van der Waals surface area contributed by atoms with E-state index >= 15 is 0 Å². The Morgan fingerprint density at radius 1 is 0.278 bits per heavy atom. The molecule has 5 heteroatoms. The number of para-hydroxylation sites is 1. The van der Waals surface area contributed by atoms with Gasteiger partial charge in [0.1, 0.15) is 16.8 Å². The number of aromatic nitrogens is 4. The smallest absolute Gasteiger partial charge is 0.246 e. The Morgan fingerprint density at radius 3 is 1.34 bits per heavy atom. The van der Waals surface area contributed by atoms with Crippen molar-refractivity contribution in [2.24, 2.45) is 0 Å². The molecule has 0 aliphatic heterocycles. The fourth-order valence-corrected chi connectivity index (χ4v) is 16.7. The van der Waals surface area contributed by atoms with Gasteiger partial charge in [-0.3, -0.25) is 0 Å². The fourth-order valence-electron chi connectivity index (χ4n) is 16.7. The number of furan rings is 1. The molecule has 0 bridgehead atoms. The summed E-state index contributed by atoms with van der Waals surface area (Å²) in [5, 5.41) is 6.13. The summed E-state index contributed by atoms with van der Waals surface area (Å²) >= 11 is 0. The minimum atomic E-state index is -0.0936. The van der Waals surface area contributed by atoms with Gasteiger partial charge in [-0.2, -0.15) is 0 Å². The van der Waals surface area contributed by atoms with Gasteiger partial charge in [0, 0.05) is 55.9 Å². The Morgan fingerprint density at radius 2 is 0.722 bits per heavy atom. The molecule has 0 radical (unpaired) electrons.